The maximum atomic E-state index is 11.9. The maximum absolute atomic E-state index is 11.9. The van der Waals surface area contributed by atoms with E-state index in [2.05, 4.69) is 4.98 Å². The fourth-order valence-corrected chi connectivity index (χ4v) is 4.37. The summed E-state index contributed by atoms with van der Waals surface area (Å²) in [5.74, 6) is 0. The Morgan fingerprint density at radius 1 is 0.967 bits per heavy atom. The Bertz CT molecular complexity index is 1200. The molecule has 0 aliphatic heterocycles. The Morgan fingerprint density at radius 3 is 2.43 bits per heavy atom. The van der Waals surface area contributed by atoms with Crippen molar-refractivity contribution in [2.75, 3.05) is 0 Å². The lowest BCUT2D eigenvalue weighted by molar-refractivity contribution is -0.0825. The van der Waals surface area contributed by atoms with Crippen molar-refractivity contribution < 1.29 is 10.2 Å². The predicted molar refractivity (Wildman–Crippen MR) is 122 cm³/mol. The van der Waals surface area contributed by atoms with Crippen molar-refractivity contribution in [1.29, 1.82) is 0 Å². The number of nitrogens with zero attached hydrogens (tertiary/aromatic N) is 1. The van der Waals surface area contributed by atoms with E-state index >= 15 is 0 Å². The average Bonchev–Trinajstić information content (AvgIpc) is 2.76. The molecule has 3 aromatic carbocycles. The zero-order valence-electron chi connectivity index (χ0n) is 16.4. The number of aromatic nitrogens is 1. The van der Waals surface area contributed by atoms with Crippen LogP contribution in [0.25, 0.3) is 10.8 Å². The van der Waals surface area contributed by atoms with Gasteiger partial charge in [-0.2, -0.15) is 0 Å². The highest BCUT2D eigenvalue weighted by atomic mass is 35.5. The van der Waals surface area contributed by atoms with E-state index in [1.165, 1.54) is 0 Å². The molecule has 1 heterocycles. The molecule has 2 N–H and O–H groups in total. The lowest BCUT2D eigenvalue weighted by Crippen LogP contribution is -2.36. The monoisotopic (exact) mass is 437 g/mol. The molecule has 0 spiro atoms. The number of halogens is 2. The number of fused-ring (bicyclic) bond motifs is 1. The summed E-state index contributed by atoms with van der Waals surface area (Å²) in [5.41, 5.74) is 1.29. The van der Waals surface area contributed by atoms with Crippen molar-refractivity contribution in [2.24, 2.45) is 0 Å². The van der Waals surface area contributed by atoms with Crippen LogP contribution in [-0.2, 0) is 12.0 Å². The molecule has 152 valence electrons. The van der Waals surface area contributed by atoms with E-state index in [1.54, 1.807) is 42.7 Å². The van der Waals surface area contributed by atoms with Crippen LogP contribution < -0.4 is 0 Å². The first-order valence-electron chi connectivity index (χ1n) is 9.63. The minimum absolute atomic E-state index is 0.0953. The van der Waals surface area contributed by atoms with Crippen molar-refractivity contribution >= 4 is 34.0 Å². The molecular weight excluding hydrogens is 417 g/mol. The van der Waals surface area contributed by atoms with Gasteiger partial charge in [-0.1, -0.05) is 71.7 Å². The molecule has 0 aliphatic carbocycles. The molecule has 5 heteroatoms. The van der Waals surface area contributed by atoms with E-state index in [4.69, 9.17) is 23.2 Å². The summed E-state index contributed by atoms with van der Waals surface area (Å²) in [6.07, 6.45) is 2.09. The molecule has 2 atom stereocenters. The van der Waals surface area contributed by atoms with Crippen LogP contribution in [0.1, 0.15) is 28.4 Å². The van der Waals surface area contributed by atoms with Crippen LogP contribution in [0, 0.1) is 6.92 Å². The van der Waals surface area contributed by atoms with Crippen molar-refractivity contribution in [2.45, 2.75) is 25.0 Å². The summed E-state index contributed by atoms with van der Waals surface area (Å²) in [7, 11) is 0. The lowest BCUT2D eigenvalue weighted by atomic mass is 9.79. The van der Waals surface area contributed by atoms with Crippen LogP contribution in [0.15, 0.2) is 79.1 Å². The Kier molecular flexibility index (Phi) is 5.81. The normalized spacial score (nSPS) is 14.4. The van der Waals surface area contributed by atoms with Crippen LogP contribution in [-0.4, -0.2) is 15.2 Å². The molecule has 1 aromatic heterocycles. The van der Waals surface area contributed by atoms with Gasteiger partial charge in [0.05, 0.1) is 0 Å². The van der Waals surface area contributed by atoms with Gasteiger partial charge in [-0.25, -0.2) is 0 Å². The maximum Gasteiger partial charge on any atom is 0.125 e. The Morgan fingerprint density at radius 2 is 1.73 bits per heavy atom. The minimum atomic E-state index is -1.65. The summed E-state index contributed by atoms with van der Waals surface area (Å²) >= 11 is 12.4. The molecule has 0 bridgehead atoms. The highest BCUT2D eigenvalue weighted by Crippen LogP contribution is 2.42. The second-order valence-corrected chi connectivity index (χ2v) is 8.34. The first kappa shape index (κ1) is 20.8. The van der Waals surface area contributed by atoms with Crippen molar-refractivity contribution in [3.05, 3.63) is 111 Å². The third-order valence-electron chi connectivity index (χ3n) is 5.56. The number of aliphatic hydroxyl groups excluding tert-OH is 1. The van der Waals surface area contributed by atoms with Gasteiger partial charge < -0.3 is 10.2 Å². The van der Waals surface area contributed by atoms with Crippen molar-refractivity contribution in [3.8, 4) is 0 Å². The van der Waals surface area contributed by atoms with E-state index < -0.39 is 11.7 Å². The number of hydrogen-bond donors (Lipinski definition) is 2. The number of rotatable bonds is 5. The summed E-state index contributed by atoms with van der Waals surface area (Å²) in [5, 5.41) is 26.3. The smallest absolute Gasteiger partial charge is 0.125 e. The number of benzene rings is 3. The molecule has 4 rings (SSSR count). The van der Waals surface area contributed by atoms with Gasteiger partial charge in [-0.3, -0.25) is 4.98 Å². The topological polar surface area (TPSA) is 53.4 Å². The molecule has 0 fully saturated rings. The molecule has 30 heavy (non-hydrogen) atoms. The Balaban J connectivity index is 1.87. The summed E-state index contributed by atoms with van der Waals surface area (Å²) in [6.45, 7) is 2.03. The summed E-state index contributed by atoms with van der Waals surface area (Å²) in [6, 6.07) is 20.3. The Labute approximate surface area is 185 Å². The second-order valence-electron chi connectivity index (χ2n) is 7.50. The van der Waals surface area contributed by atoms with E-state index in [9.17, 15) is 10.2 Å². The lowest BCUT2D eigenvalue weighted by Gasteiger charge is -2.35. The van der Waals surface area contributed by atoms with E-state index in [0.717, 1.165) is 16.3 Å². The zero-order chi connectivity index (χ0) is 21.3. The molecule has 0 aliphatic rings. The van der Waals surface area contributed by atoms with Crippen LogP contribution in [0.2, 0.25) is 10.0 Å². The van der Waals surface area contributed by atoms with Crippen LogP contribution in [0.5, 0.6) is 0 Å². The molecule has 0 saturated heterocycles. The highest BCUT2D eigenvalue weighted by Gasteiger charge is 2.40. The molecule has 0 amide bonds. The third-order valence-corrected chi connectivity index (χ3v) is 6.15. The van der Waals surface area contributed by atoms with E-state index in [1.807, 2.05) is 43.3 Å². The van der Waals surface area contributed by atoms with Crippen molar-refractivity contribution in [1.82, 2.24) is 4.98 Å². The quantitative estimate of drug-likeness (QED) is 0.401. The second kappa shape index (κ2) is 8.37. The molecule has 4 aromatic rings. The molecular formula is C25H21Cl2NO2. The zero-order valence-corrected chi connectivity index (χ0v) is 17.9. The van der Waals surface area contributed by atoms with Gasteiger partial charge in [-0.05, 0) is 52.6 Å². The predicted octanol–water partition coefficient (Wildman–Crippen LogP) is 6.01. The Hall–Kier alpha value is -2.43. The number of aryl methyl sites for hydroxylation is 1. The molecule has 0 saturated carbocycles. The summed E-state index contributed by atoms with van der Waals surface area (Å²) < 4.78 is 0. The van der Waals surface area contributed by atoms with Gasteiger partial charge in [-0.15, -0.1) is 0 Å². The largest absolute Gasteiger partial charge is 0.385 e. The number of aliphatic hydroxyl groups is 2. The standard InChI is InChI=1S/C25H21Cl2NO2/c1-16-8-11-22(21-7-3-2-6-20(16)21)24(29)25(30,18-5-4-12-28-15-18)14-17-9-10-19(26)13-23(17)27/h2-13,15,24,29-30H,14H2,1H3. The van der Waals surface area contributed by atoms with Crippen LogP contribution in [0.4, 0.5) is 0 Å². The van der Waals surface area contributed by atoms with Gasteiger partial charge in [0.2, 0.25) is 0 Å². The van der Waals surface area contributed by atoms with E-state index in [0.29, 0.717) is 26.7 Å². The van der Waals surface area contributed by atoms with Gasteiger partial charge in [0, 0.05) is 34.4 Å². The fraction of sp³-hybridized carbons (Fsp3) is 0.160. The summed E-state index contributed by atoms with van der Waals surface area (Å²) in [4.78, 5) is 4.16. The highest BCUT2D eigenvalue weighted by molar-refractivity contribution is 6.35. The van der Waals surface area contributed by atoms with E-state index in [-0.39, 0.29) is 6.42 Å². The minimum Gasteiger partial charge on any atom is -0.385 e. The van der Waals surface area contributed by atoms with Crippen molar-refractivity contribution in [3.63, 3.8) is 0 Å². The first-order chi connectivity index (χ1) is 14.4. The van der Waals surface area contributed by atoms with Gasteiger partial charge in [0.1, 0.15) is 11.7 Å². The first-order valence-corrected chi connectivity index (χ1v) is 10.4. The SMILES string of the molecule is Cc1ccc(C(O)C(O)(Cc2ccc(Cl)cc2Cl)c2cccnc2)c2ccccc12. The molecule has 0 radical (unpaired) electrons. The van der Waals surface area contributed by atoms with Gasteiger partial charge in [0.15, 0.2) is 0 Å². The fourth-order valence-electron chi connectivity index (χ4n) is 3.90. The average molecular weight is 438 g/mol. The van der Waals surface area contributed by atoms with Crippen LogP contribution in [0.3, 0.4) is 0 Å². The van der Waals surface area contributed by atoms with Gasteiger partial charge >= 0.3 is 0 Å². The van der Waals surface area contributed by atoms with Gasteiger partial charge in [0.25, 0.3) is 0 Å². The van der Waals surface area contributed by atoms with Crippen LogP contribution >= 0.6 is 23.2 Å². The third kappa shape index (κ3) is 3.82. The molecule has 2 unspecified atom stereocenters. The molecule has 3 nitrogen and oxygen atoms in total. The number of pyridine rings is 1. The number of hydrogen-bond acceptors (Lipinski definition) is 3.